The van der Waals surface area contributed by atoms with Crippen LogP contribution in [-0.4, -0.2) is 35.7 Å². The van der Waals surface area contributed by atoms with Crippen molar-refractivity contribution in [3.8, 4) is 11.1 Å². The number of carboxylic acids is 1. The number of aromatic carboxylic acids is 1. The molecular formula is C25H21BrN2O5. The summed E-state index contributed by atoms with van der Waals surface area (Å²) >= 11 is 3.28. The van der Waals surface area contributed by atoms with Crippen LogP contribution in [-0.2, 0) is 9.53 Å². The quantitative estimate of drug-likeness (QED) is 0.433. The summed E-state index contributed by atoms with van der Waals surface area (Å²) in [6.07, 6.45) is -0.710. The Bertz CT molecular complexity index is 1200. The van der Waals surface area contributed by atoms with E-state index in [0.717, 1.165) is 22.3 Å². The molecule has 3 N–H and O–H groups in total. The summed E-state index contributed by atoms with van der Waals surface area (Å²) in [6.45, 7) is 1.66. The molecule has 0 fully saturated rings. The van der Waals surface area contributed by atoms with Crippen molar-refractivity contribution < 1.29 is 24.2 Å². The highest BCUT2D eigenvalue weighted by atomic mass is 79.9. The normalized spacial score (nSPS) is 12.9. The van der Waals surface area contributed by atoms with E-state index in [2.05, 4.69) is 38.7 Å². The maximum Gasteiger partial charge on any atom is 0.407 e. The minimum atomic E-state index is -1.11. The summed E-state index contributed by atoms with van der Waals surface area (Å²) in [5.41, 5.74) is 4.78. The number of ether oxygens (including phenoxy) is 1. The highest BCUT2D eigenvalue weighted by Crippen LogP contribution is 2.44. The summed E-state index contributed by atoms with van der Waals surface area (Å²) in [7, 11) is 0. The zero-order valence-corrected chi connectivity index (χ0v) is 19.3. The third-order valence-corrected chi connectivity index (χ3v) is 6.23. The lowest BCUT2D eigenvalue weighted by Crippen LogP contribution is -2.42. The molecule has 0 heterocycles. The highest BCUT2D eigenvalue weighted by Gasteiger charge is 2.29. The predicted octanol–water partition coefficient (Wildman–Crippen LogP) is 5.01. The molecule has 0 unspecified atom stereocenters. The van der Waals surface area contributed by atoms with Crippen LogP contribution < -0.4 is 10.6 Å². The van der Waals surface area contributed by atoms with Gasteiger partial charge in [0.05, 0.1) is 11.3 Å². The van der Waals surface area contributed by atoms with Crippen LogP contribution >= 0.6 is 15.9 Å². The van der Waals surface area contributed by atoms with E-state index in [1.54, 1.807) is 0 Å². The van der Waals surface area contributed by atoms with Crippen LogP contribution in [0.3, 0.4) is 0 Å². The van der Waals surface area contributed by atoms with Crippen molar-refractivity contribution in [2.45, 2.75) is 18.9 Å². The molecule has 168 valence electrons. The SMILES string of the molecule is C[C@@H](NC(=O)OCC1c2ccccc2-c2ccccc21)C(=O)Nc1cc(C(=O)O)ccc1Br. The first-order valence-electron chi connectivity index (χ1n) is 10.3. The minimum absolute atomic E-state index is 0.0330. The molecule has 33 heavy (non-hydrogen) atoms. The van der Waals surface area contributed by atoms with E-state index < -0.39 is 24.0 Å². The average molecular weight is 509 g/mol. The van der Waals surface area contributed by atoms with Crippen molar-refractivity contribution in [3.05, 3.63) is 87.9 Å². The zero-order chi connectivity index (χ0) is 23.5. The van der Waals surface area contributed by atoms with Crippen molar-refractivity contribution >= 4 is 39.6 Å². The minimum Gasteiger partial charge on any atom is -0.478 e. The first-order valence-corrected chi connectivity index (χ1v) is 11.1. The van der Waals surface area contributed by atoms with Gasteiger partial charge >= 0.3 is 12.1 Å². The van der Waals surface area contributed by atoms with Crippen LogP contribution in [0.5, 0.6) is 0 Å². The first kappa shape index (κ1) is 22.5. The largest absolute Gasteiger partial charge is 0.478 e. The van der Waals surface area contributed by atoms with Gasteiger partial charge in [0.25, 0.3) is 0 Å². The van der Waals surface area contributed by atoms with Crippen LogP contribution in [0.1, 0.15) is 34.3 Å². The molecule has 0 spiro atoms. The van der Waals surface area contributed by atoms with E-state index in [9.17, 15) is 14.4 Å². The van der Waals surface area contributed by atoms with Crippen LogP contribution in [0.25, 0.3) is 11.1 Å². The van der Waals surface area contributed by atoms with Gasteiger partial charge < -0.3 is 20.5 Å². The van der Waals surface area contributed by atoms with E-state index in [1.807, 2.05) is 36.4 Å². The number of hydrogen-bond donors (Lipinski definition) is 3. The maximum absolute atomic E-state index is 12.5. The van der Waals surface area contributed by atoms with Gasteiger partial charge in [0.1, 0.15) is 12.6 Å². The lowest BCUT2D eigenvalue weighted by molar-refractivity contribution is -0.117. The van der Waals surface area contributed by atoms with Crippen LogP contribution in [0, 0.1) is 0 Å². The maximum atomic E-state index is 12.5. The number of halogens is 1. The Kier molecular flexibility index (Phi) is 6.46. The third-order valence-electron chi connectivity index (χ3n) is 5.54. The van der Waals surface area contributed by atoms with Gasteiger partial charge in [0.15, 0.2) is 0 Å². The number of rotatable bonds is 6. The second kappa shape index (κ2) is 9.46. The number of alkyl carbamates (subject to hydrolysis) is 1. The van der Waals surface area contributed by atoms with Gasteiger partial charge in [-0.15, -0.1) is 0 Å². The summed E-state index contributed by atoms with van der Waals surface area (Å²) in [6, 6.07) is 19.4. The van der Waals surface area contributed by atoms with E-state index in [-0.39, 0.29) is 18.1 Å². The molecule has 0 saturated carbocycles. The van der Waals surface area contributed by atoms with Crippen molar-refractivity contribution in [1.29, 1.82) is 0 Å². The molecule has 3 aromatic rings. The molecule has 0 radical (unpaired) electrons. The smallest absolute Gasteiger partial charge is 0.407 e. The van der Waals surface area contributed by atoms with Crippen molar-refractivity contribution in [3.63, 3.8) is 0 Å². The summed E-state index contributed by atoms with van der Waals surface area (Å²) in [5, 5.41) is 14.3. The Morgan fingerprint density at radius 3 is 2.21 bits per heavy atom. The van der Waals surface area contributed by atoms with Crippen molar-refractivity contribution in [2.75, 3.05) is 11.9 Å². The van der Waals surface area contributed by atoms with Gasteiger partial charge in [-0.3, -0.25) is 4.79 Å². The van der Waals surface area contributed by atoms with Crippen molar-refractivity contribution in [1.82, 2.24) is 5.32 Å². The van der Waals surface area contributed by atoms with Crippen LogP contribution in [0.2, 0.25) is 0 Å². The first-order chi connectivity index (χ1) is 15.8. The number of amides is 2. The molecule has 1 aliphatic carbocycles. The number of hydrogen-bond acceptors (Lipinski definition) is 4. The lowest BCUT2D eigenvalue weighted by Gasteiger charge is -2.17. The monoisotopic (exact) mass is 508 g/mol. The average Bonchev–Trinajstić information content (AvgIpc) is 3.12. The van der Waals surface area contributed by atoms with Gasteiger partial charge in [-0.1, -0.05) is 48.5 Å². The lowest BCUT2D eigenvalue weighted by atomic mass is 9.98. The predicted molar refractivity (Wildman–Crippen MR) is 127 cm³/mol. The second-order valence-electron chi connectivity index (χ2n) is 7.68. The molecule has 2 amide bonds. The number of nitrogens with one attached hydrogen (secondary N) is 2. The summed E-state index contributed by atoms with van der Waals surface area (Å²) in [5.74, 6) is -1.70. The molecule has 3 aromatic carbocycles. The summed E-state index contributed by atoms with van der Waals surface area (Å²) in [4.78, 5) is 36.1. The van der Waals surface area contributed by atoms with Gasteiger partial charge in [-0.05, 0) is 63.3 Å². The number of benzene rings is 3. The fourth-order valence-corrected chi connectivity index (χ4v) is 4.22. The Balaban J connectivity index is 1.37. The molecule has 0 aliphatic heterocycles. The molecule has 4 rings (SSSR count). The van der Waals surface area contributed by atoms with E-state index in [1.165, 1.54) is 25.1 Å². The zero-order valence-electron chi connectivity index (χ0n) is 17.7. The standard InChI is InChI=1S/C25H21BrN2O5/c1-14(23(29)28-22-12-15(24(30)31)10-11-21(22)26)27-25(32)33-13-20-18-8-4-2-6-16(18)17-7-3-5-9-19(17)20/h2-12,14,20H,13H2,1H3,(H,27,32)(H,28,29)(H,30,31)/t14-/m1/s1. The Hall–Kier alpha value is -3.65. The number of carbonyl (C=O) groups excluding carboxylic acids is 2. The van der Waals surface area contributed by atoms with Gasteiger partial charge in [0, 0.05) is 10.4 Å². The number of carboxylic acid groups (broad SMARTS) is 1. The summed E-state index contributed by atoms with van der Waals surface area (Å²) < 4.78 is 5.99. The third kappa shape index (κ3) is 4.75. The molecule has 0 saturated heterocycles. The number of fused-ring (bicyclic) bond motifs is 3. The van der Waals surface area contributed by atoms with Gasteiger partial charge in [-0.2, -0.15) is 0 Å². The van der Waals surface area contributed by atoms with E-state index >= 15 is 0 Å². The Labute approximate surface area is 198 Å². The van der Waals surface area contributed by atoms with Gasteiger partial charge in [-0.25, -0.2) is 9.59 Å². The fraction of sp³-hybridized carbons (Fsp3) is 0.160. The molecule has 7 nitrogen and oxygen atoms in total. The van der Waals surface area contributed by atoms with E-state index in [0.29, 0.717) is 10.2 Å². The Morgan fingerprint density at radius 1 is 1.00 bits per heavy atom. The Morgan fingerprint density at radius 2 is 1.61 bits per heavy atom. The molecule has 0 bridgehead atoms. The molecule has 1 atom stereocenters. The second-order valence-corrected chi connectivity index (χ2v) is 8.53. The van der Waals surface area contributed by atoms with Gasteiger partial charge in [0.2, 0.25) is 5.91 Å². The number of carbonyl (C=O) groups is 3. The molecule has 1 aliphatic rings. The fourth-order valence-electron chi connectivity index (χ4n) is 3.88. The highest BCUT2D eigenvalue weighted by molar-refractivity contribution is 9.10. The van der Waals surface area contributed by atoms with Crippen molar-refractivity contribution in [2.24, 2.45) is 0 Å². The van der Waals surface area contributed by atoms with E-state index in [4.69, 9.17) is 9.84 Å². The molecule has 8 heteroatoms. The van der Waals surface area contributed by atoms with Crippen LogP contribution in [0.15, 0.2) is 71.2 Å². The number of anilines is 1. The topological polar surface area (TPSA) is 105 Å². The van der Waals surface area contributed by atoms with Crippen LogP contribution in [0.4, 0.5) is 10.5 Å². The molecular weight excluding hydrogens is 488 g/mol. The molecule has 0 aromatic heterocycles.